The van der Waals surface area contributed by atoms with Crippen molar-refractivity contribution >= 4 is 49.6 Å². The smallest absolute Gasteiger partial charge is 0.266 e. The second-order valence-corrected chi connectivity index (χ2v) is 12.1. The molecule has 0 amide bonds. The lowest BCUT2D eigenvalue weighted by molar-refractivity contribution is 0.0266. The van der Waals surface area contributed by atoms with Crippen LogP contribution in [0.2, 0.25) is 0 Å². The highest BCUT2D eigenvalue weighted by molar-refractivity contribution is 14.1. The Morgan fingerprint density at radius 1 is 1.35 bits per heavy atom. The lowest BCUT2D eigenvalue weighted by atomic mass is 10.00. The molecule has 9 nitrogen and oxygen atoms in total. The van der Waals surface area contributed by atoms with Gasteiger partial charge >= 0.3 is 0 Å². The van der Waals surface area contributed by atoms with Gasteiger partial charge in [-0.2, -0.15) is 9.29 Å². The van der Waals surface area contributed by atoms with Crippen LogP contribution in [-0.4, -0.2) is 62.8 Å². The van der Waals surface area contributed by atoms with Gasteiger partial charge in [0.15, 0.2) is 0 Å². The van der Waals surface area contributed by atoms with Crippen LogP contribution in [-0.2, 0) is 10.0 Å². The van der Waals surface area contributed by atoms with Crippen molar-refractivity contribution in [3.05, 3.63) is 26.2 Å². The van der Waals surface area contributed by atoms with Gasteiger partial charge in [0, 0.05) is 30.2 Å². The first-order valence-corrected chi connectivity index (χ1v) is 13.4. The third-order valence-corrected chi connectivity index (χ3v) is 8.66. The Morgan fingerprint density at radius 3 is 2.71 bits per heavy atom. The highest BCUT2D eigenvalue weighted by Gasteiger charge is 2.40. The summed E-state index contributed by atoms with van der Waals surface area (Å²) in [6, 6.07) is 1.35. The van der Waals surface area contributed by atoms with Crippen molar-refractivity contribution in [3.8, 4) is 0 Å². The van der Waals surface area contributed by atoms with E-state index < -0.39 is 15.6 Å². The number of nitrogens with zero attached hydrogens (tertiary/aromatic N) is 4. The summed E-state index contributed by atoms with van der Waals surface area (Å²) in [4.78, 5) is 22.1. The zero-order chi connectivity index (χ0) is 22.6. The minimum Gasteiger partial charge on any atom is -0.388 e. The Morgan fingerprint density at radius 2 is 2.10 bits per heavy atom. The normalized spacial score (nSPS) is 30.0. The molecule has 2 N–H and O–H groups in total. The van der Waals surface area contributed by atoms with Crippen molar-refractivity contribution in [2.75, 3.05) is 18.1 Å². The molecule has 2 aromatic heterocycles. The largest absolute Gasteiger partial charge is 0.388 e. The van der Waals surface area contributed by atoms with E-state index in [4.69, 9.17) is 0 Å². The standard InChI is InChI=1S/C20H28IN5O4S/c1-12-9-14(6-8-25(12)31(3,29)30)23-19-22-11-13-10-15(21)18(27)26(17(13)24-19)16-5-4-7-20(16,2)28/h10-12,14,16,28H,4-9H2,1-3H3,(H,22,23,24)/t12?,14?,16-,20-/m1/s1. The molecule has 31 heavy (non-hydrogen) atoms. The maximum atomic E-state index is 13.0. The molecular formula is C20H28IN5O4S. The summed E-state index contributed by atoms with van der Waals surface area (Å²) >= 11 is 2.02. The van der Waals surface area contributed by atoms with Crippen molar-refractivity contribution in [1.29, 1.82) is 0 Å². The van der Waals surface area contributed by atoms with Gasteiger partial charge < -0.3 is 10.4 Å². The number of sulfonamides is 1. The molecule has 11 heteroatoms. The lowest BCUT2D eigenvalue weighted by Gasteiger charge is -2.36. The van der Waals surface area contributed by atoms with Crippen LogP contribution in [0.15, 0.2) is 17.1 Å². The molecule has 1 saturated heterocycles. The molecule has 2 fully saturated rings. The van der Waals surface area contributed by atoms with E-state index in [1.165, 1.54) is 10.6 Å². The molecule has 1 aliphatic carbocycles. The molecule has 0 spiro atoms. The van der Waals surface area contributed by atoms with Gasteiger partial charge in [0.25, 0.3) is 5.56 Å². The van der Waals surface area contributed by atoms with E-state index in [-0.39, 0.29) is 23.7 Å². The van der Waals surface area contributed by atoms with E-state index in [1.54, 1.807) is 23.8 Å². The van der Waals surface area contributed by atoms with Crippen LogP contribution in [0.4, 0.5) is 5.95 Å². The van der Waals surface area contributed by atoms with E-state index in [0.717, 1.165) is 18.2 Å². The summed E-state index contributed by atoms with van der Waals surface area (Å²) in [5.41, 5.74) is -0.607. The summed E-state index contributed by atoms with van der Waals surface area (Å²) < 4.78 is 27.5. The number of rotatable bonds is 4. The molecular weight excluding hydrogens is 533 g/mol. The fraction of sp³-hybridized carbons (Fsp3) is 0.650. The first-order valence-electron chi connectivity index (χ1n) is 10.5. The van der Waals surface area contributed by atoms with Crippen molar-refractivity contribution < 1.29 is 13.5 Å². The summed E-state index contributed by atoms with van der Waals surface area (Å²) in [5.74, 6) is 0.407. The minimum absolute atomic E-state index is 0.0315. The molecule has 4 rings (SSSR count). The summed E-state index contributed by atoms with van der Waals surface area (Å²) in [6.07, 6.45) is 6.44. The molecule has 0 radical (unpaired) electrons. The average Bonchev–Trinajstić information content (AvgIpc) is 3.01. The molecule has 1 saturated carbocycles. The molecule has 170 valence electrons. The quantitative estimate of drug-likeness (QED) is 0.550. The zero-order valence-electron chi connectivity index (χ0n) is 17.9. The number of hydrogen-bond acceptors (Lipinski definition) is 7. The maximum absolute atomic E-state index is 13.0. The van der Waals surface area contributed by atoms with Crippen LogP contribution in [0.3, 0.4) is 0 Å². The van der Waals surface area contributed by atoms with E-state index in [2.05, 4.69) is 15.3 Å². The predicted octanol–water partition coefficient (Wildman–Crippen LogP) is 2.10. The van der Waals surface area contributed by atoms with Crippen LogP contribution in [0.5, 0.6) is 0 Å². The van der Waals surface area contributed by atoms with Crippen LogP contribution in [0.1, 0.15) is 52.0 Å². The molecule has 2 aromatic rings. The number of aliphatic hydroxyl groups is 1. The van der Waals surface area contributed by atoms with Crippen LogP contribution >= 0.6 is 22.6 Å². The van der Waals surface area contributed by atoms with Crippen molar-refractivity contribution in [2.45, 2.75) is 69.7 Å². The van der Waals surface area contributed by atoms with Crippen LogP contribution in [0.25, 0.3) is 11.0 Å². The third kappa shape index (κ3) is 4.46. The first kappa shape index (κ1) is 22.9. The summed E-state index contributed by atoms with van der Waals surface area (Å²) in [5, 5.41) is 14.9. The van der Waals surface area contributed by atoms with E-state index in [9.17, 15) is 18.3 Å². The van der Waals surface area contributed by atoms with Crippen LogP contribution < -0.4 is 10.9 Å². The first-order chi connectivity index (χ1) is 14.5. The van der Waals surface area contributed by atoms with E-state index in [1.807, 2.05) is 29.5 Å². The Bertz CT molecular complexity index is 1170. The number of halogens is 1. The minimum atomic E-state index is -3.22. The van der Waals surface area contributed by atoms with E-state index >= 15 is 0 Å². The van der Waals surface area contributed by atoms with Gasteiger partial charge in [-0.15, -0.1) is 0 Å². The number of aromatic nitrogens is 3. The second-order valence-electron chi connectivity index (χ2n) is 8.99. The summed E-state index contributed by atoms with van der Waals surface area (Å²) in [6.45, 7) is 4.12. The van der Waals surface area contributed by atoms with Gasteiger partial charge in [-0.25, -0.2) is 13.4 Å². The molecule has 0 aromatic carbocycles. The number of nitrogens with one attached hydrogen (secondary N) is 1. The van der Waals surface area contributed by atoms with Crippen molar-refractivity contribution in [1.82, 2.24) is 18.8 Å². The highest BCUT2D eigenvalue weighted by Crippen LogP contribution is 2.39. The highest BCUT2D eigenvalue weighted by atomic mass is 127. The molecule has 2 unspecified atom stereocenters. The molecule has 0 bridgehead atoms. The molecule has 3 heterocycles. The number of anilines is 1. The van der Waals surface area contributed by atoms with Crippen molar-refractivity contribution in [3.63, 3.8) is 0 Å². The SMILES string of the molecule is CC1CC(Nc2ncc3cc(I)c(=O)n([C@@H]4CCC[C@@]4(C)O)c3n2)CCN1S(C)(=O)=O. The Kier molecular flexibility index (Phi) is 6.07. The van der Waals surface area contributed by atoms with Crippen LogP contribution in [0, 0.1) is 3.57 Å². The Balaban J connectivity index is 1.66. The number of piperidine rings is 1. The number of fused-ring (bicyclic) bond motifs is 1. The van der Waals surface area contributed by atoms with Gasteiger partial charge in [0.1, 0.15) is 5.65 Å². The van der Waals surface area contributed by atoms with Gasteiger partial charge in [0.05, 0.1) is 21.5 Å². The van der Waals surface area contributed by atoms with E-state index in [0.29, 0.717) is 41.0 Å². The summed E-state index contributed by atoms with van der Waals surface area (Å²) in [7, 11) is -3.22. The fourth-order valence-corrected chi connectivity index (χ4v) is 6.71. The lowest BCUT2D eigenvalue weighted by Crippen LogP contribution is -2.47. The monoisotopic (exact) mass is 561 g/mol. The van der Waals surface area contributed by atoms with Gasteiger partial charge in [0.2, 0.25) is 16.0 Å². The average molecular weight is 561 g/mol. The Labute approximate surface area is 195 Å². The molecule has 4 atom stereocenters. The number of pyridine rings is 1. The van der Waals surface area contributed by atoms with Gasteiger partial charge in [-0.1, -0.05) is 0 Å². The Hall–Kier alpha value is -1.31. The fourth-order valence-electron chi connectivity index (χ4n) is 4.94. The third-order valence-electron chi connectivity index (χ3n) is 6.49. The number of hydrogen-bond donors (Lipinski definition) is 2. The topological polar surface area (TPSA) is 117 Å². The second kappa shape index (κ2) is 8.23. The van der Waals surface area contributed by atoms with Gasteiger partial charge in [-0.05, 0) is 74.6 Å². The molecule has 1 aliphatic heterocycles. The van der Waals surface area contributed by atoms with Crippen molar-refractivity contribution in [2.24, 2.45) is 0 Å². The van der Waals surface area contributed by atoms with Gasteiger partial charge in [-0.3, -0.25) is 9.36 Å². The zero-order valence-corrected chi connectivity index (χ0v) is 20.9. The molecule has 2 aliphatic rings. The predicted molar refractivity (Wildman–Crippen MR) is 128 cm³/mol. The maximum Gasteiger partial charge on any atom is 0.266 e.